The Kier molecular flexibility index (Phi) is 2.63. The molecule has 1 N–H and O–H groups in total. The predicted octanol–water partition coefficient (Wildman–Crippen LogP) is 1.94. The van der Waals surface area contributed by atoms with Crippen LogP contribution in [0.15, 0.2) is 24.3 Å². The highest BCUT2D eigenvalue weighted by atomic mass is 35.5. The minimum atomic E-state index is -0.986. The average molecular weight is 202 g/mol. The molecule has 0 radical (unpaired) electrons. The van der Waals surface area contributed by atoms with Gasteiger partial charge in [0.1, 0.15) is 5.75 Å². The van der Waals surface area contributed by atoms with E-state index in [4.69, 9.17) is 9.84 Å². The topological polar surface area (TPSA) is 49.8 Å². The zero-order chi connectivity index (χ0) is 8.55. The Morgan fingerprint density at radius 1 is 1.46 bits per heavy atom. The monoisotopic (exact) mass is 201 g/mol. The van der Waals surface area contributed by atoms with Crippen molar-refractivity contribution in [2.45, 2.75) is 0 Å². The minimum Gasteiger partial charge on any atom is -0.470 e. The highest BCUT2D eigenvalue weighted by molar-refractivity contribution is 5.89. The van der Waals surface area contributed by atoms with Gasteiger partial charge >= 0.3 is 6.09 Å². The van der Waals surface area contributed by atoms with Crippen molar-refractivity contribution >= 4 is 24.2 Å². The third kappa shape index (κ3) is 1.53. The van der Waals surface area contributed by atoms with Gasteiger partial charge in [0.25, 0.3) is 0 Å². The van der Waals surface area contributed by atoms with Gasteiger partial charge in [0.2, 0.25) is 0 Å². The Labute approximate surface area is 81.1 Å². The summed E-state index contributed by atoms with van der Waals surface area (Å²) in [5.74, 6) is 0.625. The third-order valence-electron chi connectivity index (χ3n) is 1.74. The number of amides is 1. The Hall–Kier alpha value is -1.42. The molecule has 0 spiro atoms. The number of hydrogen-bond donors (Lipinski definition) is 1. The molecule has 5 heteroatoms. The minimum absolute atomic E-state index is 0. The van der Waals surface area contributed by atoms with Crippen LogP contribution in [0.1, 0.15) is 0 Å². The number of fused-ring (bicyclic) bond motifs is 1. The molecule has 0 atom stereocenters. The van der Waals surface area contributed by atoms with Gasteiger partial charge in [-0.05, 0) is 12.1 Å². The molecule has 1 aromatic carbocycles. The van der Waals surface area contributed by atoms with Crippen LogP contribution in [-0.4, -0.2) is 17.9 Å². The molecule has 70 valence electrons. The fourth-order valence-electron chi connectivity index (χ4n) is 1.16. The Morgan fingerprint density at radius 2 is 2.15 bits per heavy atom. The lowest BCUT2D eigenvalue weighted by Crippen LogP contribution is -2.27. The first-order valence-electron chi connectivity index (χ1n) is 3.51. The lowest BCUT2D eigenvalue weighted by molar-refractivity contribution is 0.197. The number of carbonyl (C=O) groups is 1. The fraction of sp³-hybridized carbons (Fsp3) is 0.125. The van der Waals surface area contributed by atoms with Crippen LogP contribution < -0.4 is 9.64 Å². The molecule has 0 fully saturated rings. The summed E-state index contributed by atoms with van der Waals surface area (Å²) < 4.78 is 5.12. The van der Waals surface area contributed by atoms with Gasteiger partial charge in [-0.15, -0.1) is 12.4 Å². The molecule has 1 aliphatic heterocycles. The Bertz CT molecular complexity index is 329. The van der Waals surface area contributed by atoms with Crippen LogP contribution in [0.4, 0.5) is 10.5 Å². The first kappa shape index (κ1) is 9.67. The molecule has 0 unspecified atom stereocenters. The van der Waals surface area contributed by atoms with Crippen molar-refractivity contribution in [2.24, 2.45) is 0 Å². The summed E-state index contributed by atoms with van der Waals surface area (Å²) in [6, 6.07) is 7.06. The summed E-state index contributed by atoms with van der Waals surface area (Å²) in [5, 5.41) is 8.71. The van der Waals surface area contributed by atoms with E-state index in [-0.39, 0.29) is 19.1 Å². The maximum atomic E-state index is 10.6. The zero-order valence-corrected chi connectivity index (χ0v) is 7.45. The number of para-hydroxylation sites is 2. The SMILES string of the molecule is Cl.O=C(O)N1COc2ccccc21. The quantitative estimate of drug-likeness (QED) is 0.698. The van der Waals surface area contributed by atoms with Crippen LogP contribution in [0.5, 0.6) is 5.75 Å². The molecular formula is C8H8ClNO3. The maximum Gasteiger partial charge on any atom is 0.414 e. The summed E-state index contributed by atoms with van der Waals surface area (Å²) in [6.45, 7) is 0.0919. The third-order valence-corrected chi connectivity index (χ3v) is 1.74. The summed E-state index contributed by atoms with van der Waals surface area (Å²) in [6.07, 6.45) is -0.986. The Morgan fingerprint density at radius 3 is 2.85 bits per heavy atom. The molecule has 2 rings (SSSR count). The molecule has 1 aliphatic rings. The van der Waals surface area contributed by atoms with Crippen molar-refractivity contribution in [2.75, 3.05) is 11.6 Å². The summed E-state index contributed by atoms with van der Waals surface area (Å²) >= 11 is 0. The highest BCUT2D eigenvalue weighted by Crippen LogP contribution is 2.32. The smallest absolute Gasteiger partial charge is 0.414 e. The first-order valence-corrected chi connectivity index (χ1v) is 3.51. The number of carboxylic acid groups (broad SMARTS) is 1. The van der Waals surface area contributed by atoms with E-state index in [0.717, 1.165) is 4.90 Å². The van der Waals surface area contributed by atoms with Crippen LogP contribution in [-0.2, 0) is 0 Å². The molecule has 1 aromatic rings. The van der Waals surface area contributed by atoms with Crippen molar-refractivity contribution in [1.29, 1.82) is 0 Å². The van der Waals surface area contributed by atoms with Crippen LogP contribution in [0, 0.1) is 0 Å². The van der Waals surface area contributed by atoms with Crippen molar-refractivity contribution in [1.82, 2.24) is 0 Å². The summed E-state index contributed by atoms with van der Waals surface area (Å²) in [4.78, 5) is 11.8. The number of hydrogen-bond acceptors (Lipinski definition) is 2. The number of benzene rings is 1. The van der Waals surface area contributed by atoms with Gasteiger partial charge in [0.15, 0.2) is 6.73 Å². The zero-order valence-electron chi connectivity index (χ0n) is 6.64. The van der Waals surface area contributed by atoms with E-state index in [2.05, 4.69) is 0 Å². The van der Waals surface area contributed by atoms with E-state index >= 15 is 0 Å². The fourth-order valence-corrected chi connectivity index (χ4v) is 1.16. The second-order valence-corrected chi connectivity index (χ2v) is 2.45. The van der Waals surface area contributed by atoms with E-state index < -0.39 is 6.09 Å². The Balaban J connectivity index is 0.000000845. The van der Waals surface area contributed by atoms with Gasteiger partial charge in [0, 0.05) is 0 Å². The van der Waals surface area contributed by atoms with Crippen LogP contribution in [0.2, 0.25) is 0 Å². The van der Waals surface area contributed by atoms with E-state index in [1.165, 1.54) is 0 Å². The average Bonchev–Trinajstić information content (AvgIpc) is 2.47. The molecule has 4 nitrogen and oxygen atoms in total. The van der Waals surface area contributed by atoms with Crippen molar-refractivity contribution < 1.29 is 14.6 Å². The second-order valence-electron chi connectivity index (χ2n) is 2.45. The van der Waals surface area contributed by atoms with Crippen molar-refractivity contribution in [3.63, 3.8) is 0 Å². The number of rotatable bonds is 0. The van der Waals surface area contributed by atoms with Gasteiger partial charge in [-0.1, -0.05) is 12.1 Å². The molecule has 0 aliphatic carbocycles. The maximum absolute atomic E-state index is 10.6. The van der Waals surface area contributed by atoms with Crippen LogP contribution >= 0.6 is 12.4 Å². The van der Waals surface area contributed by atoms with Gasteiger partial charge < -0.3 is 9.84 Å². The molecule has 1 heterocycles. The molecule has 0 aromatic heterocycles. The van der Waals surface area contributed by atoms with Gasteiger partial charge in [0.05, 0.1) is 5.69 Å². The van der Waals surface area contributed by atoms with Crippen molar-refractivity contribution in [3.8, 4) is 5.75 Å². The van der Waals surface area contributed by atoms with E-state index in [9.17, 15) is 4.79 Å². The summed E-state index contributed by atoms with van der Waals surface area (Å²) in [5.41, 5.74) is 0.616. The molecule has 0 saturated heterocycles. The molecule has 0 bridgehead atoms. The molecular weight excluding hydrogens is 194 g/mol. The molecule has 1 amide bonds. The van der Waals surface area contributed by atoms with E-state index in [1.807, 2.05) is 6.07 Å². The number of ether oxygens (including phenoxy) is 1. The molecule has 13 heavy (non-hydrogen) atoms. The van der Waals surface area contributed by atoms with E-state index in [0.29, 0.717) is 11.4 Å². The van der Waals surface area contributed by atoms with Crippen LogP contribution in [0.25, 0.3) is 0 Å². The highest BCUT2D eigenvalue weighted by Gasteiger charge is 2.24. The number of anilines is 1. The largest absolute Gasteiger partial charge is 0.470 e. The summed E-state index contributed by atoms with van der Waals surface area (Å²) in [7, 11) is 0. The predicted molar refractivity (Wildman–Crippen MR) is 49.7 cm³/mol. The first-order chi connectivity index (χ1) is 5.79. The normalized spacial score (nSPS) is 12.8. The lowest BCUT2D eigenvalue weighted by Gasteiger charge is -2.07. The number of nitrogens with zero attached hydrogens (tertiary/aromatic N) is 1. The van der Waals surface area contributed by atoms with Gasteiger partial charge in [-0.3, -0.25) is 0 Å². The second kappa shape index (κ2) is 3.53. The van der Waals surface area contributed by atoms with Gasteiger partial charge in [-0.2, -0.15) is 0 Å². The molecule has 0 saturated carbocycles. The standard InChI is InChI=1S/C8H7NO3.ClH/c10-8(11)9-5-12-7-4-2-1-3-6(7)9;/h1-4H,5H2,(H,10,11);1H. The van der Waals surface area contributed by atoms with Gasteiger partial charge in [-0.25, -0.2) is 9.69 Å². The van der Waals surface area contributed by atoms with Crippen molar-refractivity contribution in [3.05, 3.63) is 24.3 Å². The number of halogens is 1. The van der Waals surface area contributed by atoms with Crippen LogP contribution in [0.3, 0.4) is 0 Å². The lowest BCUT2D eigenvalue weighted by atomic mass is 10.3. The van der Waals surface area contributed by atoms with E-state index in [1.54, 1.807) is 18.2 Å².